The minimum Gasteiger partial charge on any atom is -0.493 e. The minimum atomic E-state index is 0.301. The largest absolute Gasteiger partial charge is 0.493 e. The molecule has 8 heteroatoms. The minimum absolute atomic E-state index is 0.301. The van der Waals surface area contributed by atoms with Crippen LogP contribution in [0.25, 0.3) is 33.7 Å². The van der Waals surface area contributed by atoms with Gasteiger partial charge in [-0.05, 0) is 36.8 Å². The fourth-order valence-electron chi connectivity index (χ4n) is 3.23. The fraction of sp³-hybridized carbons (Fsp3) is 0.227. The maximum atomic E-state index is 5.51. The van der Waals surface area contributed by atoms with Crippen molar-refractivity contribution < 1.29 is 23.5 Å². The van der Waals surface area contributed by atoms with Gasteiger partial charge in [-0.25, -0.2) is 4.98 Å². The molecule has 0 fully saturated rings. The first-order valence-electron chi connectivity index (χ1n) is 9.17. The summed E-state index contributed by atoms with van der Waals surface area (Å²) < 4.78 is 27.2. The highest BCUT2D eigenvalue weighted by atomic mass is 16.5. The maximum Gasteiger partial charge on any atom is 0.258 e. The van der Waals surface area contributed by atoms with E-state index in [2.05, 4.69) is 15.1 Å². The van der Waals surface area contributed by atoms with Gasteiger partial charge in [-0.1, -0.05) is 17.3 Å². The molecular formula is C22H21N3O5. The highest BCUT2D eigenvalue weighted by molar-refractivity contribution is 5.85. The molecule has 0 aliphatic rings. The zero-order valence-electron chi connectivity index (χ0n) is 17.3. The Hall–Kier alpha value is -3.81. The Morgan fingerprint density at radius 2 is 1.53 bits per heavy atom. The molecule has 0 saturated carbocycles. The average molecular weight is 407 g/mol. The predicted molar refractivity (Wildman–Crippen MR) is 111 cm³/mol. The number of nitrogens with zero attached hydrogens (tertiary/aromatic N) is 3. The van der Waals surface area contributed by atoms with Gasteiger partial charge in [0.2, 0.25) is 17.5 Å². The van der Waals surface area contributed by atoms with Crippen molar-refractivity contribution in [3.63, 3.8) is 0 Å². The van der Waals surface area contributed by atoms with E-state index in [0.29, 0.717) is 46.0 Å². The second kappa shape index (κ2) is 7.90. The normalized spacial score (nSPS) is 10.8. The third kappa shape index (κ3) is 3.36. The summed E-state index contributed by atoms with van der Waals surface area (Å²) in [4.78, 5) is 9.13. The third-order valence-corrected chi connectivity index (χ3v) is 4.71. The number of pyridine rings is 1. The van der Waals surface area contributed by atoms with Crippen molar-refractivity contribution in [2.24, 2.45) is 0 Å². The van der Waals surface area contributed by atoms with Gasteiger partial charge < -0.3 is 23.5 Å². The van der Waals surface area contributed by atoms with E-state index in [-0.39, 0.29) is 0 Å². The molecule has 0 bridgehead atoms. The molecule has 2 aromatic heterocycles. The van der Waals surface area contributed by atoms with Crippen molar-refractivity contribution in [1.82, 2.24) is 15.1 Å². The van der Waals surface area contributed by atoms with E-state index in [1.54, 1.807) is 40.6 Å². The van der Waals surface area contributed by atoms with Gasteiger partial charge in [0.05, 0.1) is 39.5 Å². The second-order valence-electron chi connectivity index (χ2n) is 6.58. The number of aromatic nitrogens is 3. The molecular weight excluding hydrogens is 386 g/mol. The van der Waals surface area contributed by atoms with Crippen molar-refractivity contribution in [3.05, 3.63) is 42.0 Å². The van der Waals surface area contributed by atoms with Crippen molar-refractivity contribution in [3.8, 4) is 46.0 Å². The van der Waals surface area contributed by atoms with Gasteiger partial charge in [-0.15, -0.1) is 0 Å². The summed E-state index contributed by atoms with van der Waals surface area (Å²) in [5.74, 6) is 2.56. The number of methoxy groups -OCH3 is 4. The molecule has 0 aliphatic heterocycles. The summed E-state index contributed by atoms with van der Waals surface area (Å²) in [6, 6.07) is 11.5. The molecule has 2 aromatic carbocycles. The average Bonchev–Trinajstić information content (AvgIpc) is 3.27. The summed E-state index contributed by atoms with van der Waals surface area (Å²) in [5.41, 5.74) is 3.22. The van der Waals surface area contributed by atoms with Crippen molar-refractivity contribution >= 4 is 10.9 Å². The Kier molecular flexibility index (Phi) is 5.14. The Bertz CT molecular complexity index is 1190. The first-order chi connectivity index (χ1) is 14.6. The number of aryl methyl sites for hydroxylation is 1. The highest BCUT2D eigenvalue weighted by Gasteiger charge is 2.20. The van der Waals surface area contributed by atoms with E-state index in [9.17, 15) is 0 Å². The van der Waals surface area contributed by atoms with Crippen LogP contribution >= 0.6 is 0 Å². The van der Waals surface area contributed by atoms with E-state index in [4.69, 9.17) is 23.5 Å². The van der Waals surface area contributed by atoms with Crippen LogP contribution in [0.3, 0.4) is 0 Å². The molecule has 0 atom stereocenters. The molecule has 8 nitrogen and oxygen atoms in total. The van der Waals surface area contributed by atoms with Crippen LogP contribution in [-0.2, 0) is 0 Å². The predicted octanol–water partition coefficient (Wildman–Crippen LogP) is 4.29. The zero-order valence-corrected chi connectivity index (χ0v) is 17.3. The van der Waals surface area contributed by atoms with Gasteiger partial charge in [0, 0.05) is 10.9 Å². The van der Waals surface area contributed by atoms with E-state index in [1.807, 2.05) is 31.2 Å². The molecule has 0 radical (unpaired) electrons. The standard InChI is InChI=1S/C22H21N3O5/c1-12-6-7-13-9-15(22(29-5)23-16(13)8-12)20-24-21(30-25-20)14-10-17(26-2)19(28-4)18(11-14)27-3/h6-11H,1-5H3. The smallest absolute Gasteiger partial charge is 0.258 e. The van der Waals surface area contributed by atoms with E-state index >= 15 is 0 Å². The van der Waals surface area contributed by atoms with Gasteiger partial charge in [0.15, 0.2) is 11.5 Å². The number of fused-ring (bicyclic) bond motifs is 1. The van der Waals surface area contributed by atoms with Crippen LogP contribution in [0.4, 0.5) is 0 Å². The Balaban J connectivity index is 1.81. The van der Waals surface area contributed by atoms with Gasteiger partial charge in [-0.3, -0.25) is 0 Å². The highest BCUT2D eigenvalue weighted by Crippen LogP contribution is 2.41. The fourth-order valence-corrected chi connectivity index (χ4v) is 3.23. The molecule has 0 unspecified atom stereocenters. The van der Waals surface area contributed by atoms with E-state index in [1.165, 1.54) is 0 Å². The number of ether oxygens (including phenoxy) is 4. The lowest BCUT2D eigenvalue weighted by Gasteiger charge is -2.12. The molecule has 0 N–H and O–H groups in total. The summed E-state index contributed by atoms with van der Waals surface area (Å²) in [6.07, 6.45) is 0. The summed E-state index contributed by atoms with van der Waals surface area (Å²) in [5, 5.41) is 5.08. The number of hydrogen-bond donors (Lipinski definition) is 0. The van der Waals surface area contributed by atoms with Crippen LogP contribution in [-0.4, -0.2) is 43.6 Å². The molecule has 154 valence electrons. The summed E-state index contributed by atoms with van der Waals surface area (Å²) in [7, 11) is 6.21. The van der Waals surface area contributed by atoms with E-state index < -0.39 is 0 Å². The van der Waals surface area contributed by atoms with Crippen LogP contribution in [0.1, 0.15) is 5.56 Å². The zero-order chi connectivity index (χ0) is 21.3. The molecule has 30 heavy (non-hydrogen) atoms. The summed E-state index contributed by atoms with van der Waals surface area (Å²) in [6.45, 7) is 2.02. The lowest BCUT2D eigenvalue weighted by molar-refractivity contribution is 0.324. The second-order valence-corrected chi connectivity index (χ2v) is 6.58. The SMILES string of the molecule is COc1cc(-c2nc(-c3cc4ccc(C)cc4nc3OC)no2)cc(OC)c1OC. The molecule has 4 aromatic rings. The van der Waals surface area contributed by atoms with Crippen LogP contribution in [0.5, 0.6) is 23.1 Å². The molecule has 0 saturated heterocycles. The molecule has 0 aliphatic carbocycles. The number of hydrogen-bond acceptors (Lipinski definition) is 8. The Morgan fingerprint density at radius 1 is 0.800 bits per heavy atom. The van der Waals surface area contributed by atoms with E-state index in [0.717, 1.165) is 16.5 Å². The lowest BCUT2D eigenvalue weighted by Crippen LogP contribution is -1.96. The molecule has 0 amide bonds. The molecule has 4 rings (SSSR count). The Labute approximate surface area is 173 Å². The quantitative estimate of drug-likeness (QED) is 0.468. The van der Waals surface area contributed by atoms with Crippen molar-refractivity contribution in [2.75, 3.05) is 28.4 Å². The van der Waals surface area contributed by atoms with Crippen LogP contribution in [0.2, 0.25) is 0 Å². The van der Waals surface area contributed by atoms with Gasteiger partial charge in [0.1, 0.15) is 0 Å². The number of benzene rings is 2. The summed E-state index contributed by atoms with van der Waals surface area (Å²) >= 11 is 0. The van der Waals surface area contributed by atoms with Crippen molar-refractivity contribution in [2.45, 2.75) is 6.92 Å². The van der Waals surface area contributed by atoms with Crippen LogP contribution < -0.4 is 18.9 Å². The first-order valence-corrected chi connectivity index (χ1v) is 9.17. The number of rotatable bonds is 6. The Morgan fingerprint density at radius 3 is 2.17 bits per heavy atom. The van der Waals surface area contributed by atoms with Gasteiger partial charge >= 0.3 is 0 Å². The first kappa shape index (κ1) is 19.5. The van der Waals surface area contributed by atoms with Crippen LogP contribution in [0, 0.1) is 6.92 Å². The van der Waals surface area contributed by atoms with Crippen molar-refractivity contribution in [1.29, 1.82) is 0 Å². The topological polar surface area (TPSA) is 88.7 Å². The van der Waals surface area contributed by atoms with Crippen LogP contribution in [0.15, 0.2) is 40.9 Å². The molecule has 2 heterocycles. The lowest BCUT2D eigenvalue weighted by atomic mass is 10.1. The van der Waals surface area contributed by atoms with Gasteiger partial charge in [0.25, 0.3) is 5.89 Å². The van der Waals surface area contributed by atoms with Gasteiger partial charge in [-0.2, -0.15) is 4.98 Å². The monoisotopic (exact) mass is 407 g/mol. The maximum absolute atomic E-state index is 5.51. The third-order valence-electron chi connectivity index (χ3n) is 4.71. The molecule has 0 spiro atoms.